The molecule has 2 aromatic heterocycles. The predicted molar refractivity (Wildman–Crippen MR) is 107 cm³/mol. The van der Waals surface area contributed by atoms with Gasteiger partial charge in [-0.2, -0.15) is 5.10 Å². The second-order valence-electron chi connectivity index (χ2n) is 6.78. The van der Waals surface area contributed by atoms with Gasteiger partial charge in [0, 0.05) is 22.8 Å². The van der Waals surface area contributed by atoms with E-state index in [1.54, 1.807) is 23.7 Å². The van der Waals surface area contributed by atoms with E-state index in [-0.39, 0.29) is 11.7 Å². The summed E-state index contributed by atoms with van der Waals surface area (Å²) in [6, 6.07) is 15.4. The van der Waals surface area contributed by atoms with Crippen LogP contribution in [0.3, 0.4) is 0 Å². The molecule has 2 aromatic carbocycles. The maximum absolute atomic E-state index is 13.6. The van der Waals surface area contributed by atoms with Gasteiger partial charge in [0.2, 0.25) is 0 Å². The van der Waals surface area contributed by atoms with Crippen molar-refractivity contribution in [3.63, 3.8) is 0 Å². The molecule has 0 spiro atoms. The van der Waals surface area contributed by atoms with E-state index in [0.29, 0.717) is 27.8 Å². The number of aryl methyl sites for hydroxylation is 3. The molecular weight excluding hydrogens is 355 g/mol. The first-order valence-electron chi connectivity index (χ1n) is 8.93. The van der Waals surface area contributed by atoms with Crippen LogP contribution < -0.4 is 5.32 Å². The lowest BCUT2D eigenvalue weighted by Gasteiger charge is -2.14. The average molecular weight is 374 g/mol. The fourth-order valence-corrected chi connectivity index (χ4v) is 3.35. The molecule has 0 atom stereocenters. The van der Waals surface area contributed by atoms with Gasteiger partial charge in [-0.05, 0) is 57.2 Å². The number of halogens is 1. The molecule has 140 valence electrons. The summed E-state index contributed by atoms with van der Waals surface area (Å²) in [6.07, 6.45) is 0. The van der Waals surface area contributed by atoms with Gasteiger partial charge in [0.05, 0.1) is 28.1 Å². The molecule has 28 heavy (non-hydrogen) atoms. The summed E-state index contributed by atoms with van der Waals surface area (Å²) in [5.74, 6) is -0.664. The second kappa shape index (κ2) is 6.88. The van der Waals surface area contributed by atoms with E-state index in [1.807, 2.05) is 44.2 Å². The average Bonchev–Trinajstić information content (AvgIpc) is 2.99. The van der Waals surface area contributed by atoms with Crippen LogP contribution in [0.1, 0.15) is 27.4 Å². The molecule has 0 radical (unpaired) electrons. The van der Waals surface area contributed by atoms with Crippen molar-refractivity contribution in [2.45, 2.75) is 20.8 Å². The summed E-state index contributed by atoms with van der Waals surface area (Å²) < 4.78 is 15.4. The van der Waals surface area contributed by atoms with Crippen LogP contribution in [0, 0.1) is 26.6 Å². The van der Waals surface area contributed by atoms with Crippen LogP contribution in [-0.2, 0) is 0 Å². The number of rotatable bonds is 3. The number of carbonyl (C=O) groups excluding carboxylic acids is 1. The summed E-state index contributed by atoms with van der Waals surface area (Å²) in [6.45, 7) is 5.67. The van der Waals surface area contributed by atoms with Crippen molar-refractivity contribution in [2.75, 3.05) is 5.32 Å². The van der Waals surface area contributed by atoms with Crippen molar-refractivity contribution >= 4 is 22.5 Å². The Labute approximate surface area is 161 Å². The largest absolute Gasteiger partial charge is 0.320 e. The minimum atomic E-state index is -0.383. The standard InChI is InChI=1S/C22H19FN4O/c1-13-11-18(17-9-8-16(23)12-20(17)24-13)22(28)25-19-6-4-5-7-21(19)27-15(3)10-14(2)26-27/h4-12H,1-3H3,(H,25,28). The summed E-state index contributed by atoms with van der Waals surface area (Å²) in [5, 5.41) is 8.09. The zero-order valence-electron chi connectivity index (χ0n) is 15.8. The normalized spacial score (nSPS) is 11.0. The minimum Gasteiger partial charge on any atom is -0.320 e. The highest BCUT2D eigenvalue weighted by Gasteiger charge is 2.16. The fraction of sp³-hybridized carbons (Fsp3) is 0.136. The lowest BCUT2D eigenvalue weighted by atomic mass is 10.1. The quantitative estimate of drug-likeness (QED) is 0.564. The smallest absolute Gasteiger partial charge is 0.256 e. The van der Waals surface area contributed by atoms with Crippen LogP contribution in [0.25, 0.3) is 16.6 Å². The van der Waals surface area contributed by atoms with Gasteiger partial charge < -0.3 is 5.32 Å². The van der Waals surface area contributed by atoms with Crippen LogP contribution in [0.4, 0.5) is 10.1 Å². The number of amides is 1. The Morgan fingerprint density at radius 3 is 2.54 bits per heavy atom. The third-order valence-electron chi connectivity index (χ3n) is 4.53. The maximum Gasteiger partial charge on any atom is 0.256 e. The first kappa shape index (κ1) is 17.9. The molecule has 0 aliphatic rings. The van der Waals surface area contributed by atoms with Gasteiger partial charge in [-0.25, -0.2) is 9.07 Å². The molecule has 2 heterocycles. The van der Waals surface area contributed by atoms with E-state index < -0.39 is 0 Å². The lowest BCUT2D eigenvalue weighted by molar-refractivity contribution is 0.102. The number of benzene rings is 2. The summed E-state index contributed by atoms with van der Waals surface area (Å²) in [5.41, 5.74) is 4.85. The van der Waals surface area contributed by atoms with Crippen molar-refractivity contribution in [2.24, 2.45) is 0 Å². The van der Waals surface area contributed by atoms with Crippen LogP contribution >= 0.6 is 0 Å². The molecule has 5 nitrogen and oxygen atoms in total. The maximum atomic E-state index is 13.6. The molecule has 0 bridgehead atoms. The van der Waals surface area contributed by atoms with E-state index in [9.17, 15) is 9.18 Å². The summed E-state index contributed by atoms with van der Waals surface area (Å²) in [7, 11) is 0. The van der Waals surface area contributed by atoms with Crippen LogP contribution in [0.5, 0.6) is 0 Å². The van der Waals surface area contributed by atoms with Gasteiger partial charge in [0.1, 0.15) is 5.82 Å². The monoisotopic (exact) mass is 374 g/mol. The van der Waals surface area contributed by atoms with E-state index in [1.165, 1.54) is 12.1 Å². The second-order valence-corrected chi connectivity index (χ2v) is 6.78. The SMILES string of the molecule is Cc1cc(C(=O)Nc2ccccc2-n2nc(C)cc2C)c2ccc(F)cc2n1. The number of anilines is 1. The third-order valence-corrected chi connectivity index (χ3v) is 4.53. The van der Waals surface area contributed by atoms with Gasteiger partial charge in [-0.15, -0.1) is 0 Å². The summed E-state index contributed by atoms with van der Waals surface area (Å²) in [4.78, 5) is 17.4. The molecule has 0 saturated heterocycles. The fourth-order valence-electron chi connectivity index (χ4n) is 3.35. The van der Waals surface area contributed by atoms with E-state index in [2.05, 4.69) is 15.4 Å². The highest BCUT2D eigenvalue weighted by atomic mass is 19.1. The number of nitrogens with one attached hydrogen (secondary N) is 1. The molecule has 0 saturated carbocycles. The Morgan fingerprint density at radius 2 is 1.79 bits per heavy atom. The molecular formula is C22H19FN4O. The number of aromatic nitrogens is 3. The first-order valence-corrected chi connectivity index (χ1v) is 8.93. The van der Waals surface area contributed by atoms with Crippen molar-refractivity contribution < 1.29 is 9.18 Å². The molecule has 0 aliphatic heterocycles. The number of nitrogens with zero attached hydrogens (tertiary/aromatic N) is 3. The van der Waals surface area contributed by atoms with Gasteiger partial charge in [0.25, 0.3) is 5.91 Å². The Kier molecular flexibility index (Phi) is 4.39. The lowest BCUT2D eigenvalue weighted by Crippen LogP contribution is -2.15. The number of hydrogen-bond acceptors (Lipinski definition) is 3. The van der Waals surface area contributed by atoms with Crippen LogP contribution in [-0.4, -0.2) is 20.7 Å². The molecule has 6 heteroatoms. The third kappa shape index (κ3) is 3.24. The number of hydrogen-bond donors (Lipinski definition) is 1. The van der Waals surface area contributed by atoms with Gasteiger partial charge in [-0.3, -0.25) is 9.78 Å². The molecule has 1 N–H and O–H groups in total. The minimum absolute atomic E-state index is 0.281. The Hall–Kier alpha value is -3.54. The van der Waals surface area contributed by atoms with Gasteiger partial charge >= 0.3 is 0 Å². The van der Waals surface area contributed by atoms with E-state index in [4.69, 9.17) is 0 Å². The number of para-hydroxylation sites is 2. The van der Waals surface area contributed by atoms with Gasteiger partial charge in [0.15, 0.2) is 0 Å². The molecule has 0 unspecified atom stereocenters. The molecule has 0 aliphatic carbocycles. The van der Waals surface area contributed by atoms with E-state index >= 15 is 0 Å². The van der Waals surface area contributed by atoms with E-state index in [0.717, 1.165) is 17.1 Å². The Bertz CT molecular complexity index is 1210. The number of carbonyl (C=O) groups is 1. The molecule has 0 fully saturated rings. The van der Waals surface area contributed by atoms with Crippen molar-refractivity contribution in [3.8, 4) is 5.69 Å². The Balaban J connectivity index is 1.77. The Morgan fingerprint density at radius 1 is 1.00 bits per heavy atom. The van der Waals surface area contributed by atoms with Crippen molar-refractivity contribution in [1.82, 2.24) is 14.8 Å². The van der Waals surface area contributed by atoms with Crippen LogP contribution in [0.2, 0.25) is 0 Å². The molecule has 1 amide bonds. The molecule has 4 aromatic rings. The highest BCUT2D eigenvalue weighted by Crippen LogP contribution is 2.25. The topological polar surface area (TPSA) is 59.8 Å². The first-order chi connectivity index (χ1) is 13.4. The van der Waals surface area contributed by atoms with Gasteiger partial charge in [-0.1, -0.05) is 12.1 Å². The number of pyridine rings is 1. The van der Waals surface area contributed by atoms with Crippen molar-refractivity contribution in [3.05, 3.63) is 83.1 Å². The zero-order valence-corrected chi connectivity index (χ0v) is 15.8. The molecule has 4 rings (SSSR count). The predicted octanol–water partition coefficient (Wildman–Crippen LogP) is 4.74. The van der Waals surface area contributed by atoms with Crippen molar-refractivity contribution in [1.29, 1.82) is 0 Å². The zero-order chi connectivity index (χ0) is 19.8. The van der Waals surface area contributed by atoms with Crippen LogP contribution in [0.15, 0.2) is 54.6 Å². The summed E-state index contributed by atoms with van der Waals surface area (Å²) >= 11 is 0. The highest BCUT2D eigenvalue weighted by molar-refractivity contribution is 6.13. The number of fused-ring (bicyclic) bond motifs is 1.